The molecule has 2 aromatic rings. The molecule has 84 valence electrons. The number of aliphatic hydroxyl groups is 1. The molecule has 0 amide bonds. The maximum absolute atomic E-state index is 10.1. The molecule has 1 unspecified atom stereocenters. The van der Waals surface area contributed by atoms with Crippen LogP contribution in [0.15, 0.2) is 36.8 Å². The van der Waals surface area contributed by atoms with E-state index in [2.05, 4.69) is 17.0 Å². The van der Waals surface area contributed by atoms with Gasteiger partial charge in [0, 0.05) is 24.5 Å². The van der Waals surface area contributed by atoms with Crippen LogP contribution in [-0.2, 0) is 6.54 Å². The average Bonchev–Trinajstić information content (AvgIpc) is 2.78. The molecule has 0 aliphatic rings. The summed E-state index contributed by atoms with van der Waals surface area (Å²) in [5.41, 5.74) is 1.44. The number of nitrogens with zero attached hydrogens (tertiary/aromatic N) is 3. The van der Waals surface area contributed by atoms with Crippen LogP contribution >= 0.6 is 0 Å². The summed E-state index contributed by atoms with van der Waals surface area (Å²) in [7, 11) is 0. The summed E-state index contributed by atoms with van der Waals surface area (Å²) < 4.78 is 1.83. The van der Waals surface area contributed by atoms with E-state index in [9.17, 15) is 5.11 Å². The van der Waals surface area contributed by atoms with Crippen molar-refractivity contribution in [2.45, 2.75) is 26.0 Å². The Hall–Kier alpha value is -1.68. The number of rotatable bonds is 4. The van der Waals surface area contributed by atoms with Crippen molar-refractivity contribution in [1.29, 1.82) is 0 Å². The maximum Gasteiger partial charge on any atom is 0.124 e. The highest BCUT2D eigenvalue weighted by atomic mass is 16.3. The predicted octanol–water partition coefficient (Wildman–Crippen LogP) is 1.77. The van der Waals surface area contributed by atoms with Crippen molar-refractivity contribution in [2.24, 2.45) is 0 Å². The molecule has 1 N–H and O–H groups in total. The van der Waals surface area contributed by atoms with Crippen LogP contribution in [0.4, 0.5) is 0 Å². The smallest absolute Gasteiger partial charge is 0.124 e. The third-order valence-electron chi connectivity index (χ3n) is 2.39. The van der Waals surface area contributed by atoms with Crippen LogP contribution in [0.5, 0.6) is 0 Å². The second-order valence-corrected chi connectivity index (χ2v) is 3.69. The minimum Gasteiger partial charge on any atom is -0.382 e. The van der Waals surface area contributed by atoms with E-state index in [0.29, 0.717) is 5.69 Å². The maximum atomic E-state index is 10.1. The SMILES string of the molecule is CCCn1cc(C(O)c2ccccn2)cn1. The zero-order valence-electron chi connectivity index (χ0n) is 9.24. The van der Waals surface area contributed by atoms with E-state index in [1.807, 2.05) is 29.1 Å². The monoisotopic (exact) mass is 217 g/mol. The average molecular weight is 217 g/mol. The third kappa shape index (κ3) is 2.28. The molecule has 1 atom stereocenters. The van der Waals surface area contributed by atoms with Gasteiger partial charge in [0.1, 0.15) is 6.10 Å². The van der Waals surface area contributed by atoms with Gasteiger partial charge in [0.05, 0.1) is 11.9 Å². The molecular formula is C12H15N3O. The molecule has 0 aromatic carbocycles. The fourth-order valence-corrected chi connectivity index (χ4v) is 1.58. The van der Waals surface area contributed by atoms with Crippen molar-refractivity contribution in [3.05, 3.63) is 48.0 Å². The highest BCUT2D eigenvalue weighted by Crippen LogP contribution is 2.18. The summed E-state index contributed by atoms with van der Waals surface area (Å²) >= 11 is 0. The minimum absolute atomic E-state index is 0.651. The molecular weight excluding hydrogens is 202 g/mol. The highest BCUT2D eigenvalue weighted by molar-refractivity contribution is 5.20. The zero-order chi connectivity index (χ0) is 11.4. The van der Waals surface area contributed by atoms with Crippen LogP contribution in [0.2, 0.25) is 0 Å². The van der Waals surface area contributed by atoms with Crippen molar-refractivity contribution in [3.63, 3.8) is 0 Å². The molecule has 0 saturated heterocycles. The van der Waals surface area contributed by atoms with Gasteiger partial charge in [-0.2, -0.15) is 5.10 Å². The molecule has 0 saturated carbocycles. The molecule has 4 nitrogen and oxygen atoms in total. The molecule has 2 rings (SSSR count). The molecule has 2 heterocycles. The Morgan fingerprint density at radius 2 is 2.31 bits per heavy atom. The molecule has 0 aliphatic heterocycles. The lowest BCUT2D eigenvalue weighted by atomic mass is 10.1. The van der Waals surface area contributed by atoms with Crippen molar-refractivity contribution in [1.82, 2.24) is 14.8 Å². The van der Waals surface area contributed by atoms with E-state index >= 15 is 0 Å². The molecule has 0 fully saturated rings. The summed E-state index contributed by atoms with van der Waals surface area (Å²) in [6.07, 6.45) is 5.57. The van der Waals surface area contributed by atoms with Gasteiger partial charge in [-0.1, -0.05) is 13.0 Å². The molecule has 2 aromatic heterocycles. The molecule has 4 heteroatoms. The quantitative estimate of drug-likeness (QED) is 0.849. The van der Waals surface area contributed by atoms with Gasteiger partial charge in [-0.15, -0.1) is 0 Å². The summed E-state index contributed by atoms with van der Waals surface area (Å²) in [5.74, 6) is 0. The highest BCUT2D eigenvalue weighted by Gasteiger charge is 2.13. The van der Waals surface area contributed by atoms with Gasteiger partial charge in [-0.3, -0.25) is 9.67 Å². The lowest BCUT2D eigenvalue weighted by Crippen LogP contribution is -2.01. The number of aryl methyl sites for hydroxylation is 1. The van der Waals surface area contributed by atoms with Crippen LogP contribution in [0.25, 0.3) is 0 Å². The zero-order valence-corrected chi connectivity index (χ0v) is 9.24. The Labute approximate surface area is 94.6 Å². The first-order valence-corrected chi connectivity index (χ1v) is 5.42. The lowest BCUT2D eigenvalue weighted by Gasteiger charge is -2.06. The van der Waals surface area contributed by atoms with Crippen LogP contribution in [-0.4, -0.2) is 19.9 Å². The molecule has 16 heavy (non-hydrogen) atoms. The Balaban J connectivity index is 2.17. The van der Waals surface area contributed by atoms with E-state index in [4.69, 9.17) is 0 Å². The summed E-state index contributed by atoms with van der Waals surface area (Å²) in [4.78, 5) is 4.12. The first-order chi connectivity index (χ1) is 7.81. The van der Waals surface area contributed by atoms with Crippen molar-refractivity contribution >= 4 is 0 Å². The van der Waals surface area contributed by atoms with Crippen molar-refractivity contribution < 1.29 is 5.11 Å². The van der Waals surface area contributed by atoms with Gasteiger partial charge < -0.3 is 5.11 Å². The Morgan fingerprint density at radius 3 is 3.00 bits per heavy atom. The third-order valence-corrected chi connectivity index (χ3v) is 2.39. The molecule has 0 radical (unpaired) electrons. The van der Waals surface area contributed by atoms with E-state index in [-0.39, 0.29) is 0 Å². The Morgan fingerprint density at radius 1 is 1.44 bits per heavy atom. The predicted molar refractivity (Wildman–Crippen MR) is 60.8 cm³/mol. The summed E-state index contributed by atoms with van der Waals surface area (Å²) in [6.45, 7) is 2.96. The van der Waals surface area contributed by atoms with Crippen LogP contribution in [0, 0.1) is 0 Å². The van der Waals surface area contributed by atoms with E-state index < -0.39 is 6.10 Å². The van der Waals surface area contributed by atoms with Gasteiger partial charge in [0.2, 0.25) is 0 Å². The van der Waals surface area contributed by atoms with E-state index in [1.54, 1.807) is 12.4 Å². The standard InChI is InChI=1S/C12H15N3O/c1-2-7-15-9-10(8-14-15)12(16)11-5-3-4-6-13-11/h3-6,8-9,12,16H,2,7H2,1H3. The van der Waals surface area contributed by atoms with E-state index in [0.717, 1.165) is 18.5 Å². The molecule has 0 aliphatic carbocycles. The number of pyridine rings is 1. The summed E-state index contributed by atoms with van der Waals surface area (Å²) in [5, 5.41) is 14.2. The van der Waals surface area contributed by atoms with Gasteiger partial charge in [-0.25, -0.2) is 0 Å². The van der Waals surface area contributed by atoms with Crippen LogP contribution < -0.4 is 0 Å². The second kappa shape index (κ2) is 4.90. The van der Waals surface area contributed by atoms with Gasteiger partial charge in [0.25, 0.3) is 0 Å². The number of hydrogen-bond acceptors (Lipinski definition) is 3. The first kappa shape index (κ1) is 10.8. The fourth-order valence-electron chi connectivity index (χ4n) is 1.58. The number of aromatic nitrogens is 3. The normalized spacial score (nSPS) is 12.6. The van der Waals surface area contributed by atoms with Crippen LogP contribution in [0.1, 0.15) is 30.7 Å². The Bertz CT molecular complexity index is 439. The van der Waals surface area contributed by atoms with Gasteiger partial charge >= 0.3 is 0 Å². The number of aliphatic hydroxyl groups excluding tert-OH is 1. The lowest BCUT2D eigenvalue weighted by molar-refractivity contribution is 0.215. The fraction of sp³-hybridized carbons (Fsp3) is 0.333. The van der Waals surface area contributed by atoms with E-state index in [1.165, 1.54) is 0 Å². The second-order valence-electron chi connectivity index (χ2n) is 3.69. The van der Waals surface area contributed by atoms with Gasteiger partial charge in [-0.05, 0) is 18.6 Å². The topological polar surface area (TPSA) is 50.9 Å². The largest absolute Gasteiger partial charge is 0.382 e. The van der Waals surface area contributed by atoms with Crippen LogP contribution in [0.3, 0.4) is 0 Å². The van der Waals surface area contributed by atoms with Gasteiger partial charge in [0.15, 0.2) is 0 Å². The summed E-state index contributed by atoms with van der Waals surface area (Å²) in [6, 6.07) is 5.50. The van der Waals surface area contributed by atoms with Crippen molar-refractivity contribution in [3.8, 4) is 0 Å². The molecule has 0 bridgehead atoms. The van der Waals surface area contributed by atoms with Crippen molar-refractivity contribution in [2.75, 3.05) is 0 Å². The molecule has 0 spiro atoms. The minimum atomic E-state index is -0.688. The first-order valence-electron chi connectivity index (χ1n) is 5.42. The number of hydrogen-bond donors (Lipinski definition) is 1. The Kier molecular flexibility index (Phi) is 3.31.